The number of imidazole rings is 1. The van der Waals surface area contributed by atoms with Gasteiger partial charge in [0.25, 0.3) is 0 Å². The molecule has 0 unspecified atom stereocenters. The van der Waals surface area contributed by atoms with Crippen LogP contribution in [0.2, 0.25) is 0 Å². The molecule has 3 rings (SSSR count). The number of benzene rings is 1. The molecular formula is C24H39IN6. The summed E-state index contributed by atoms with van der Waals surface area (Å²) in [6, 6.07) is 8.93. The second kappa shape index (κ2) is 13.7. The van der Waals surface area contributed by atoms with E-state index in [1.807, 2.05) is 12.4 Å². The molecule has 2 aromatic rings. The number of halogens is 1. The van der Waals surface area contributed by atoms with Crippen molar-refractivity contribution < 1.29 is 0 Å². The molecule has 2 N–H and O–H groups in total. The van der Waals surface area contributed by atoms with Crippen molar-refractivity contribution >= 4 is 29.9 Å². The van der Waals surface area contributed by atoms with Crippen molar-refractivity contribution in [2.24, 2.45) is 10.9 Å². The fraction of sp³-hybridized carbons (Fsp3) is 0.583. The molecule has 0 aliphatic carbocycles. The summed E-state index contributed by atoms with van der Waals surface area (Å²) in [5, 5.41) is 6.76. The molecule has 0 amide bonds. The Hall–Kier alpha value is -1.61. The second-order valence-corrected chi connectivity index (χ2v) is 8.59. The monoisotopic (exact) mass is 538 g/mol. The number of piperidine rings is 1. The SMILES string of the molecule is CCNC(=NCc1ccc(CN2CCCCC2)cc1)NCc1nccn1CC(C)C.I. The third kappa shape index (κ3) is 8.80. The average Bonchev–Trinajstić information content (AvgIpc) is 3.18. The molecule has 0 spiro atoms. The maximum Gasteiger partial charge on any atom is 0.191 e. The van der Waals surface area contributed by atoms with Gasteiger partial charge in [-0.2, -0.15) is 0 Å². The summed E-state index contributed by atoms with van der Waals surface area (Å²) in [6.07, 6.45) is 7.98. The highest BCUT2D eigenvalue weighted by molar-refractivity contribution is 14.0. The van der Waals surface area contributed by atoms with Crippen LogP contribution >= 0.6 is 24.0 Å². The number of rotatable bonds is 9. The van der Waals surface area contributed by atoms with Crippen LogP contribution in [0.1, 0.15) is 57.0 Å². The number of likely N-dealkylation sites (tertiary alicyclic amines) is 1. The van der Waals surface area contributed by atoms with Crippen molar-refractivity contribution in [1.82, 2.24) is 25.1 Å². The third-order valence-electron chi connectivity index (χ3n) is 5.42. The lowest BCUT2D eigenvalue weighted by Gasteiger charge is -2.26. The minimum absolute atomic E-state index is 0. The predicted molar refractivity (Wildman–Crippen MR) is 140 cm³/mol. The maximum atomic E-state index is 4.77. The van der Waals surface area contributed by atoms with Crippen LogP contribution in [-0.2, 0) is 26.2 Å². The van der Waals surface area contributed by atoms with Crippen molar-refractivity contribution in [3.8, 4) is 0 Å². The molecule has 1 aromatic carbocycles. The first kappa shape index (κ1) is 25.6. The van der Waals surface area contributed by atoms with Gasteiger partial charge in [-0.25, -0.2) is 9.98 Å². The first-order valence-corrected chi connectivity index (χ1v) is 11.5. The van der Waals surface area contributed by atoms with Crippen LogP contribution in [0.25, 0.3) is 0 Å². The molecule has 0 atom stereocenters. The fourth-order valence-electron chi connectivity index (χ4n) is 3.87. The van der Waals surface area contributed by atoms with Crippen LogP contribution in [0.15, 0.2) is 41.7 Å². The lowest BCUT2D eigenvalue weighted by atomic mass is 10.1. The molecular weight excluding hydrogens is 499 g/mol. The van der Waals surface area contributed by atoms with Crippen LogP contribution in [0.3, 0.4) is 0 Å². The van der Waals surface area contributed by atoms with Crippen molar-refractivity contribution in [2.45, 2.75) is 66.2 Å². The zero-order chi connectivity index (χ0) is 21.2. The Kier molecular flexibility index (Phi) is 11.4. The number of aromatic nitrogens is 2. The van der Waals surface area contributed by atoms with Crippen molar-refractivity contribution in [3.63, 3.8) is 0 Å². The van der Waals surface area contributed by atoms with E-state index in [0.29, 0.717) is 19.0 Å². The predicted octanol–water partition coefficient (Wildman–Crippen LogP) is 4.40. The number of hydrogen-bond acceptors (Lipinski definition) is 3. The van der Waals surface area contributed by atoms with Gasteiger partial charge < -0.3 is 15.2 Å². The molecule has 2 heterocycles. The summed E-state index contributed by atoms with van der Waals surface area (Å²) in [5.41, 5.74) is 2.63. The summed E-state index contributed by atoms with van der Waals surface area (Å²) in [4.78, 5) is 11.8. The van der Waals surface area contributed by atoms with Crippen LogP contribution < -0.4 is 10.6 Å². The first-order valence-electron chi connectivity index (χ1n) is 11.5. The molecule has 6 nitrogen and oxygen atoms in total. The molecule has 1 saturated heterocycles. The van der Waals surface area contributed by atoms with Gasteiger partial charge >= 0.3 is 0 Å². The van der Waals surface area contributed by atoms with Crippen molar-refractivity contribution in [1.29, 1.82) is 0 Å². The number of nitrogens with one attached hydrogen (secondary N) is 2. The minimum Gasteiger partial charge on any atom is -0.357 e. The highest BCUT2D eigenvalue weighted by Crippen LogP contribution is 2.14. The molecule has 0 radical (unpaired) electrons. The molecule has 172 valence electrons. The fourth-order valence-corrected chi connectivity index (χ4v) is 3.87. The van der Waals surface area contributed by atoms with Crippen LogP contribution in [0.5, 0.6) is 0 Å². The van der Waals surface area contributed by atoms with Crippen molar-refractivity contribution in [3.05, 3.63) is 53.6 Å². The highest BCUT2D eigenvalue weighted by atomic mass is 127. The summed E-state index contributed by atoms with van der Waals surface area (Å²) in [5.74, 6) is 2.46. The smallest absolute Gasteiger partial charge is 0.191 e. The van der Waals surface area contributed by atoms with Crippen LogP contribution in [-0.4, -0.2) is 40.0 Å². The molecule has 1 aromatic heterocycles. The number of nitrogens with zero attached hydrogens (tertiary/aromatic N) is 4. The summed E-state index contributed by atoms with van der Waals surface area (Å²) >= 11 is 0. The average molecular weight is 539 g/mol. The van der Waals surface area contributed by atoms with E-state index in [-0.39, 0.29) is 24.0 Å². The van der Waals surface area contributed by atoms with Gasteiger partial charge in [-0.3, -0.25) is 4.90 Å². The molecule has 31 heavy (non-hydrogen) atoms. The van der Waals surface area contributed by atoms with E-state index in [1.54, 1.807) is 0 Å². The Bertz CT molecular complexity index is 778. The Morgan fingerprint density at radius 3 is 2.45 bits per heavy atom. The van der Waals surface area contributed by atoms with Gasteiger partial charge in [0.1, 0.15) is 5.82 Å². The Morgan fingerprint density at radius 1 is 1.06 bits per heavy atom. The van der Waals surface area contributed by atoms with Gasteiger partial charge in [-0.15, -0.1) is 24.0 Å². The van der Waals surface area contributed by atoms with E-state index < -0.39 is 0 Å². The van der Waals surface area contributed by atoms with Gasteiger partial charge in [0, 0.05) is 32.0 Å². The van der Waals surface area contributed by atoms with Gasteiger partial charge in [-0.1, -0.05) is 44.5 Å². The van der Waals surface area contributed by atoms with Crippen molar-refractivity contribution in [2.75, 3.05) is 19.6 Å². The second-order valence-electron chi connectivity index (χ2n) is 8.59. The largest absolute Gasteiger partial charge is 0.357 e. The maximum absolute atomic E-state index is 4.77. The Balaban J connectivity index is 0.00000341. The summed E-state index contributed by atoms with van der Waals surface area (Å²) in [6.45, 7) is 13.2. The summed E-state index contributed by atoms with van der Waals surface area (Å²) in [7, 11) is 0. The molecule has 1 aliphatic heterocycles. The lowest BCUT2D eigenvalue weighted by molar-refractivity contribution is 0.221. The number of hydrogen-bond donors (Lipinski definition) is 2. The zero-order valence-electron chi connectivity index (χ0n) is 19.3. The molecule has 7 heteroatoms. The third-order valence-corrected chi connectivity index (χ3v) is 5.42. The van der Waals surface area contributed by atoms with Gasteiger partial charge in [0.05, 0.1) is 13.1 Å². The Morgan fingerprint density at radius 2 is 1.77 bits per heavy atom. The van der Waals surface area contributed by atoms with E-state index in [2.05, 4.69) is 70.1 Å². The minimum atomic E-state index is 0. The number of aliphatic imine (C=N–C) groups is 1. The number of guanidine groups is 1. The molecule has 0 bridgehead atoms. The van der Waals surface area contributed by atoms with E-state index in [1.165, 1.54) is 43.5 Å². The van der Waals surface area contributed by atoms with E-state index >= 15 is 0 Å². The van der Waals surface area contributed by atoms with Crippen LogP contribution in [0, 0.1) is 5.92 Å². The molecule has 0 saturated carbocycles. The quantitative estimate of drug-likeness (QED) is 0.283. The molecule has 1 fully saturated rings. The normalized spacial score (nSPS) is 15.0. The first-order chi connectivity index (χ1) is 14.6. The van der Waals surface area contributed by atoms with E-state index in [4.69, 9.17) is 4.99 Å². The lowest BCUT2D eigenvalue weighted by Crippen LogP contribution is -2.37. The van der Waals surface area contributed by atoms with Gasteiger partial charge in [0.2, 0.25) is 0 Å². The van der Waals surface area contributed by atoms with Gasteiger partial charge in [0.15, 0.2) is 5.96 Å². The van der Waals surface area contributed by atoms with E-state index in [0.717, 1.165) is 31.4 Å². The van der Waals surface area contributed by atoms with E-state index in [9.17, 15) is 0 Å². The molecule has 1 aliphatic rings. The standard InChI is InChI=1S/C24H38N6.HI/c1-4-25-24(28-17-23-26-12-15-30(23)18-20(2)3)27-16-21-8-10-22(11-9-21)19-29-13-6-5-7-14-29;/h8-12,15,20H,4-7,13-14,16-19H2,1-3H3,(H2,25,27,28);1H. The summed E-state index contributed by atoms with van der Waals surface area (Å²) < 4.78 is 2.21. The Labute approximate surface area is 204 Å². The topological polar surface area (TPSA) is 57.5 Å². The van der Waals surface area contributed by atoms with Gasteiger partial charge in [-0.05, 0) is 49.9 Å². The van der Waals surface area contributed by atoms with Crippen LogP contribution in [0.4, 0.5) is 0 Å². The highest BCUT2D eigenvalue weighted by Gasteiger charge is 2.10. The zero-order valence-corrected chi connectivity index (χ0v) is 21.6.